The first-order chi connectivity index (χ1) is 12.2. The molecule has 7 heteroatoms. The summed E-state index contributed by atoms with van der Waals surface area (Å²) < 4.78 is 10.4. The molecule has 0 bridgehead atoms. The summed E-state index contributed by atoms with van der Waals surface area (Å²) >= 11 is 0. The van der Waals surface area contributed by atoms with Gasteiger partial charge in [-0.05, 0) is 38.9 Å². The van der Waals surface area contributed by atoms with Crippen LogP contribution >= 0.6 is 0 Å². The van der Waals surface area contributed by atoms with Crippen LogP contribution in [0.2, 0.25) is 0 Å². The van der Waals surface area contributed by atoms with Crippen LogP contribution in [0.4, 0.5) is 0 Å². The maximum Gasteiger partial charge on any atom is 0.312 e. The topological polar surface area (TPSA) is 93.5 Å². The number of hydrogen-bond donors (Lipinski definition) is 2. The number of fused-ring (bicyclic) bond motifs is 1. The second kappa shape index (κ2) is 8.11. The molecule has 1 aromatic heterocycles. The van der Waals surface area contributed by atoms with Crippen molar-refractivity contribution in [3.8, 4) is 0 Å². The van der Waals surface area contributed by atoms with Crippen LogP contribution in [0.3, 0.4) is 0 Å². The third-order valence-corrected chi connectivity index (χ3v) is 4.33. The van der Waals surface area contributed by atoms with Crippen molar-refractivity contribution in [2.24, 2.45) is 0 Å². The molecule has 25 heavy (non-hydrogen) atoms. The minimum atomic E-state index is -0.341. The number of rotatable bonds is 6. The molecule has 2 N–H and O–H groups in total. The fraction of sp³-hybridized carbons (Fsp3) is 0.500. The fourth-order valence-electron chi connectivity index (χ4n) is 3.10. The zero-order chi connectivity index (χ0) is 17.6. The van der Waals surface area contributed by atoms with E-state index >= 15 is 0 Å². The summed E-state index contributed by atoms with van der Waals surface area (Å²) in [5.74, 6) is -0.366. The van der Waals surface area contributed by atoms with Gasteiger partial charge < -0.3 is 19.9 Å². The first-order valence-corrected chi connectivity index (χ1v) is 8.69. The largest absolute Gasteiger partial charge is 0.466 e. The molecule has 2 heterocycles. The Morgan fingerprint density at radius 3 is 2.88 bits per heavy atom. The molecular weight excluding hydrogens is 322 g/mol. The highest BCUT2D eigenvalue weighted by Crippen LogP contribution is 2.23. The van der Waals surface area contributed by atoms with Gasteiger partial charge in [-0.3, -0.25) is 9.59 Å². The van der Waals surface area contributed by atoms with Gasteiger partial charge in [0.1, 0.15) is 5.69 Å². The van der Waals surface area contributed by atoms with Gasteiger partial charge in [0.25, 0.3) is 0 Å². The average Bonchev–Trinajstić information content (AvgIpc) is 3.00. The number of carbonyl (C=O) groups is 2. The molecule has 134 valence electrons. The predicted molar refractivity (Wildman–Crippen MR) is 92.1 cm³/mol. The Hall–Kier alpha value is -2.41. The second-order valence-electron chi connectivity index (χ2n) is 6.17. The van der Waals surface area contributed by atoms with E-state index in [4.69, 9.17) is 9.26 Å². The van der Waals surface area contributed by atoms with E-state index < -0.39 is 0 Å². The standard InChI is InChI=1S/C18H23N3O4/c1-2-24-17(23)11-15-14-5-3-4-12(18(14)25-21-15)10-16(22)20-13-6-8-19-9-7-13/h3-5,13,19H,2,6-11H2,1H3,(H,20,22). The van der Waals surface area contributed by atoms with E-state index in [1.807, 2.05) is 18.2 Å². The quantitative estimate of drug-likeness (QED) is 0.768. The number of ether oxygens (including phenoxy) is 1. The van der Waals surface area contributed by atoms with Crippen LogP contribution in [0.15, 0.2) is 22.7 Å². The summed E-state index contributed by atoms with van der Waals surface area (Å²) in [5, 5.41) is 11.1. The molecule has 2 aromatic rings. The van der Waals surface area contributed by atoms with E-state index in [1.54, 1.807) is 6.92 Å². The molecule has 3 rings (SSSR count). The fourth-order valence-corrected chi connectivity index (χ4v) is 3.10. The van der Waals surface area contributed by atoms with E-state index in [9.17, 15) is 9.59 Å². The number of piperidine rings is 1. The van der Waals surface area contributed by atoms with Crippen LogP contribution < -0.4 is 10.6 Å². The molecule has 7 nitrogen and oxygen atoms in total. The van der Waals surface area contributed by atoms with Crippen molar-refractivity contribution in [2.75, 3.05) is 19.7 Å². The molecule has 0 aliphatic carbocycles. The first kappa shape index (κ1) is 17.4. The Balaban J connectivity index is 1.70. The minimum absolute atomic E-state index is 0.0252. The molecular formula is C18H23N3O4. The summed E-state index contributed by atoms with van der Waals surface area (Å²) in [5.41, 5.74) is 1.86. The van der Waals surface area contributed by atoms with Crippen LogP contribution in [-0.2, 0) is 27.2 Å². The molecule has 1 aliphatic heterocycles. The van der Waals surface area contributed by atoms with Gasteiger partial charge in [0.2, 0.25) is 5.91 Å². The molecule has 1 aliphatic rings. The lowest BCUT2D eigenvalue weighted by Crippen LogP contribution is -2.43. The van der Waals surface area contributed by atoms with E-state index in [2.05, 4.69) is 15.8 Å². The van der Waals surface area contributed by atoms with E-state index in [1.165, 1.54) is 0 Å². The number of aromatic nitrogens is 1. The van der Waals surface area contributed by atoms with Gasteiger partial charge in [0, 0.05) is 17.0 Å². The van der Waals surface area contributed by atoms with E-state index in [-0.39, 0.29) is 30.8 Å². The van der Waals surface area contributed by atoms with Gasteiger partial charge in [0.05, 0.1) is 19.4 Å². The Kier molecular flexibility index (Phi) is 5.65. The highest BCUT2D eigenvalue weighted by atomic mass is 16.5. The number of amides is 1. The molecule has 1 saturated heterocycles. The van der Waals surface area contributed by atoms with Crippen molar-refractivity contribution >= 4 is 22.8 Å². The van der Waals surface area contributed by atoms with E-state index in [0.717, 1.165) is 36.9 Å². The van der Waals surface area contributed by atoms with Crippen molar-refractivity contribution in [1.29, 1.82) is 0 Å². The van der Waals surface area contributed by atoms with Gasteiger partial charge in [0.15, 0.2) is 5.58 Å². The van der Waals surface area contributed by atoms with Gasteiger partial charge >= 0.3 is 5.97 Å². The lowest BCUT2D eigenvalue weighted by atomic mass is 10.0. The number of hydrogen-bond acceptors (Lipinski definition) is 6. The van der Waals surface area contributed by atoms with Crippen LogP contribution in [0, 0.1) is 0 Å². The van der Waals surface area contributed by atoms with E-state index in [0.29, 0.717) is 17.9 Å². The van der Waals surface area contributed by atoms with Gasteiger partial charge in [-0.25, -0.2) is 0 Å². The number of benzene rings is 1. The molecule has 1 amide bonds. The van der Waals surface area contributed by atoms with Crippen molar-refractivity contribution in [3.05, 3.63) is 29.5 Å². The van der Waals surface area contributed by atoms with Crippen LogP contribution in [0.5, 0.6) is 0 Å². The van der Waals surface area contributed by atoms with Gasteiger partial charge in [-0.1, -0.05) is 17.3 Å². The van der Waals surface area contributed by atoms with Crippen molar-refractivity contribution in [3.63, 3.8) is 0 Å². The first-order valence-electron chi connectivity index (χ1n) is 8.69. The highest BCUT2D eigenvalue weighted by Gasteiger charge is 2.19. The van der Waals surface area contributed by atoms with Crippen LogP contribution in [-0.4, -0.2) is 42.8 Å². The molecule has 0 spiro atoms. The number of carbonyl (C=O) groups excluding carboxylic acids is 2. The number of nitrogens with one attached hydrogen (secondary N) is 2. The maximum absolute atomic E-state index is 12.3. The lowest BCUT2D eigenvalue weighted by molar-refractivity contribution is -0.142. The van der Waals surface area contributed by atoms with Crippen molar-refractivity contribution < 1.29 is 18.8 Å². The third-order valence-electron chi connectivity index (χ3n) is 4.33. The molecule has 0 saturated carbocycles. The molecule has 1 fully saturated rings. The smallest absolute Gasteiger partial charge is 0.312 e. The molecule has 0 atom stereocenters. The summed E-state index contributed by atoms with van der Waals surface area (Å²) in [4.78, 5) is 24.0. The van der Waals surface area contributed by atoms with Crippen molar-refractivity contribution in [2.45, 2.75) is 38.6 Å². The summed E-state index contributed by atoms with van der Waals surface area (Å²) in [6, 6.07) is 5.77. The van der Waals surface area contributed by atoms with Crippen LogP contribution in [0.25, 0.3) is 11.0 Å². The lowest BCUT2D eigenvalue weighted by Gasteiger charge is -2.23. The predicted octanol–water partition coefficient (Wildman–Crippen LogP) is 1.34. The zero-order valence-electron chi connectivity index (χ0n) is 14.3. The SMILES string of the molecule is CCOC(=O)Cc1noc2c(CC(=O)NC3CCNCC3)cccc12. The minimum Gasteiger partial charge on any atom is -0.466 e. The summed E-state index contributed by atoms with van der Waals surface area (Å²) in [6.45, 7) is 3.95. The second-order valence-corrected chi connectivity index (χ2v) is 6.17. The van der Waals surface area contributed by atoms with Crippen molar-refractivity contribution in [1.82, 2.24) is 15.8 Å². The Morgan fingerprint density at radius 1 is 1.32 bits per heavy atom. The Labute approximate surface area is 146 Å². The molecule has 1 aromatic carbocycles. The summed E-state index contributed by atoms with van der Waals surface area (Å²) in [6.07, 6.45) is 2.19. The maximum atomic E-state index is 12.3. The average molecular weight is 345 g/mol. The zero-order valence-corrected chi connectivity index (χ0v) is 14.3. The molecule has 0 radical (unpaired) electrons. The monoisotopic (exact) mass is 345 g/mol. The molecule has 0 unspecified atom stereocenters. The Bertz CT molecular complexity index is 750. The van der Waals surface area contributed by atoms with Gasteiger partial charge in [-0.15, -0.1) is 0 Å². The Morgan fingerprint density at radius 2 is 2.12 bits per heavy atom. The van der Waals surface area contributed by atoms with Crippen LogP contribution in [0.1, 0.15) is 31.0 Å². The number of esters is 1. The third kappa shape index (κ3) is 4.36. The highest BCUT2D eigenvalue weighted by molar-refractivity contribution is 5.89. The normalized spacial score (nSPS) is 15.2. The van der Waals surface area contributed by atoms with Gasteiger partial charge in [-0.2, -0.15) is 0 Å². The summed E-state index contributed by atoms with van der Waals surface area (Å²) in [7, 11) is 0. The number of para-hydroxylation sites is 1. The number of nitrogens with zero attached hydrogens (tertiary/aromatic N) is 1.